The van der Waals surface area contributed by atoms with E-state index in [1.54, 1.807) is 13.1 Å². The maximum atomic E-state index is 12.6. The number of hydrogen-bond acceptors (Lipinski definition) is 5. The highest BCUT2D eigenvalue weighted by Gasteiger charge is 2.36. The van der Waals surface area contributed by atoms with Crippen molar-refractivity contribution in [1.82, 2.24) is 15.2 Å². The van der Waals surface area contributed by atoms with Crippen LogP contribution in [0.5, 0.6) is 0 Å². The summed E-state index contributed by atoms with van der Waals surface area (Å²) in [6, 6.07) is 6.63. The number of esters is 1. The lowest BCUT2D eigenvalue weighted by Gasteiger charge is -2.34. The Morgan fingerprint density at radius 3 is 2.88 bits per heavy atom. The van der Waals surface area contributed by atoms with E-state index in [1.165, 1.54) is 23.3 Å². The third kappa shape index (κ3) is 3.03. The van der Waals surface area contributed by atoms with Crippen molar-refractivity contribution in [3.8, 4) is 0 Å². The number of pyridine rings is 1. The standard InChI is InChI=1S/C17H17N3O3S/c1-11-14(16(21)23-2)15(12-6-8-24-10-12)19-17(22)20(11)9-13-5-3-4-7-18-13/h3-8,10,15H,9H2,1-2H3,(H,19,22)/t15-/m0/s1. The Kier molecular flexibility index (Phi) is 4.61. The summed E-state index contributed by atoms with van der Waals surface area (Å²) >= 11 is 1.51. The number of hydrogen-bond donors (Lipinski definition) is 1. The maximum Gasteiger partial charge on any atom is 0.337 e. The number of methoxy groups -OCH3 is 1. The van der Waals surface area contributed by atoms with Crippen molar-refractivity contribution in [1.29, 1.82) is 0 Å². The minimum atomic E-state index is -0.504. The number of rotatable bonds is 4. The summed E-state index contributed by atoms with van der Waals surface area (Å²) < 4.78 is 4.94. The molecule has 2 aromatic rings. The SMILES string of the molecule is COC(=O)C1=C(C)N(Cc2ccccn2)C(=O)N[C@H]1c1ccsc1. The molecular weight excluding hydrogens is 326 g/mol. The van der Waals surface area contributed by atoms with Gasteiger partial charge in [0.25, 0.3) is 0 Å². The summed E-state index contributed by atoms with van der Waals surface area (Å²) in [6.45, 7) is 2.04. The van der Waals surface area contributed by atoms with Gasteiger partial charge < -0.3 is 10.1 Å². The van der Waals surface area contributed by atoms with Gasteiger partial charge in [0.1, 0.15) is 0 Å². The fourth-order valence-corrected chi connectivity index (χ4v) is 3.38. The lowest BCUT2D eigenvalue weighted by atomic mass is 9.97. The first-order chi connectivity index (χ1) is 11.6. The molecule has 1 atom stereocenters. The maximum absolute atomic E-state index is 12.6. The average Bonchev–Trinajstić information content (AvgIpc) is 3.13. The third-order valence-electron chi connectivity index (χ3n) is 3.92. The van der Waals surface area contributed by atoms with Gasteiger partial charge >= 0.3 is 12.0 Å². The number of nitrogens with one attached hydrogen (secondary N) is 1. The van der Waals surface area contributed by atoms with Crippen molar-refractivity contribution >= 4 is 23.3 Å². The second-order valence-electron chi connectivity index (χ2n) is 5.34. The van der Waals surface area contributed by atoms with Gasteiger partial charge in [0.2, 0.25) is 0 Å². The molecule has 0 unspecified atom stereocenters. The molecule has 3 rings (SSSR count). The molecule has 2 aromatic heterocycles. The van der Waals surface area contributed by atoms with E-state index in [0.29, 0.717) is 11.3 Å². The Balaban J connectivity index is 2.00. The Bertz CT molecular complexity index is 772. The Morgan fingerprint density at radius 1 is 1.42 bits per heavy atom. The van der Waals surface area contributed by atoms with Gasteiger partial charge in [-0.3, -0.25) is 9.88 Å². The minimum Gasteiger partial charge on any atom is -0.466 e. The number of amides is 2. The average molecular weight is 343 g/mol. The molecule has 0 saturated heterocycles. The predicted molar refractivity (Wildman–Crippen MR) is 90.1 cm³/mol. The normalized spacial score (nSPS) is 17.7. The summed E-state index contributed by atoms with van der Waals surface area (Å²) in [5, 5.41) is 6.71. The number of carbonyl (C=O) groups excluding carboxylic acids is 2. The smallest absolute Gasteiger partial charge is 0.337 e. The Hall–Kier alpha value is -2.67. The van der Waals surface area contributed by atoms with Crippen LogP contribution in [0, 0.1) is 0 Å². The first kappa shape index (κ1) is 16.2. The molecule has 0 bridgehead atoms. The van der Waals surface area contributed by atoms with Gasteiger partial charge in [-0.05, 0) is 41.4 Å². The van der Waals surface area contributed by atoms with E-state index < -0.39 is 12.0 Å². The van der Waals surface area contributed by atoms with E-state index in [1.807, 2.05) is 35.0 Å². The zero-order chi connectivity index (χ0) is 17.1. The van der Waals surface area contributed by atoms with Crippen LogP contribution < -0.4 is 5.32 Å². The lowest BCUT2D eigenvalue weighted by Crippen LogP contribution is -2.47. The van der Waals surface area contributed by atoms with Gasteiger partial charge in [-0.15, -0.1) is 0 Å². The molecule has 24 heavy (non-hydrogen) atoms. The molecule has 0 aliphatic carbocycles. The van der Waals surface area contributed by atoms with Crippen LogP contribution >= 0.6 is 11.3 Å². The first-order valence-corrected chi connectivity index (χ1v) is 8.35. The fraction of sp³-hybridized carbons (Fsp3) is 0.235. The highest BCUT2D eigenvalue weighted by molar-refractivity contribution is 7.08. The summed E-state index contributed by atoms with van der Waals surface area (Å²) in [7, 11) is 1.34. The highest BCUT2D eigenvalue weighted by atomic mass is 32.1. The Labute approximate surface area is 143 Å². The van der Waals surface area contributed by atoms with Gasteiger partial charge in [-0.2, -0.15) is 11.3 Å². The quantitative estimate of drug-likeness (QED) is 0.867. The monoisotopic (exact) mass is 343 g/mol. The molecule has 0 radical (unpaired) electrons. The van der Waals surface area contributed by atoms with Gasteiger partial charge in [0.05, 0.1) is 31.0 Å². The van der Waals surface area contributed by atoms with E-state index in [4.69, 9.17) is 4.74 Å². The molecule has 1 aliphatic rings. The molecule has 0 spiro atoms. The second kappa shape index (κ2) is 6.84. The number of thiophene rings is 1. The molecule has 0 aromatic carbocycles. The molecule has 6 nitrogen and oxygen atoms in total. The predicted octanol–water partition coefficient (Wildman–Crippen LogP) is 2.86. The van der Waals surface area contributed by atoms with Crippen molar-refractivity contribution in [3.05, 3.63) is 63.7 Å². The van der Waals surface area contributed by atoms with Crippen LogP contribution in [0.25, 0.3) is 0 Å². The lowest BCUT2D eigenvalue weighted by molar-refractivity contribution is -0.136. The van der Waals surface area contributed by atoms with Crippen molar-refractivity contribution < 1.29 is 14.3 Å². The summed E-state index contributed by atoms with van der Waals surface area (Å²) in [6.07, 6.45) is 1.67. The van der Waals surface area contributed by atoms with Crippen molar-refractivity contribution in [2.45, 2.75) is 19.5 Å². The molecule has 3 heterocycles. The molecule has 124 valence electrons. The topological polar surface area (TPSA) is 71.5 Å². The summed E-state index contributed by atoms with van der Waals surface area (Å²) in [5.74, 6) is -0.449. The summed E-state index contributed by atoms with van der Waals surface area (Å²) in [5.41, 5.74) is 2.62. The number of aromatic nitrogens is 1. The van der Waals surface area contributed by atoms with E-state index in [0.717, 1.165) is 11.3 Å². The second-order valence-corrected chi connectivity index (χ2v) is 6.12. The van der Waals surface area contributed by atoms with Gasteiger partial charge in [-0.1, -0.05) is 6.07 Å². The first-order valence-electron chi connectivity index (χ1n) is 7.41. The van der Waals surface area contributed by atoms with Crippen LogP contribution in [0.2, 0.25) is 0 Å². The molecule has 1 aliphatic heterocycles. The van der Waals surface area contributed by atoms with Crippen molar-refractivity contribution in [2.75, 3.05) is 7.11 Å². The molecule has 0 saturated carbocycles. The zero-order valence-corrected chi connectivity index (χ0v) is 14.2. The third-order valence-corrected chi connectivity index (χ3v) is 4.63. The van der Waals surface area contributed by atoms with Gasteiger partial charge in [-0.25, -0.2) is 9.59 Å². The van der Waals surface area contributed by atoms with E-state index >= 15 is 0 Å². The Morgan fingerprint density at radius 2 is 2.25 bits per heavy atom. The molecule has 2 amide bonds. The van der Waals surface area contributed by atoms with Gasteiger partial charge in [0, 0.05) is 11.9 Å². The van der Waals surface area contributed by atoms with Crippen LogP contribution in [0.4, 0.5) is 4.79 Å². The van der Waals surface area contributed by atoms with Crippen LogP contribution in [0.1, 0.15) is 24.2 Å². The number of allylic oxidation sites excluding steroid dienone is 1. The van der Waals surface area contributed by atoms with Crippen LogP contribution in [-0.4, -0.2) is 29.0 Å². The number of ether oxygens (including phenoxy) is 1. The van der Waals surface area contributed by atoms with Gasteiger partial charge in [0.15, 0.2) is 0 Å². The van der Waals surface area contributed by atoms with E-state index in [2.05, 4.69) is 10.3 Å². The minimum absolute atomic E-state index is 0.262. The van der Waals surface area contributed by atoms with E-state index in [9.17, 15) is 9.59 Å². The largest absolute Gasteiger partial charge is 0.466 e. The number of urea groups is 1. The van der Waals surface area contributed by atoms with Crippen LogP contribution in [-0.2, 0) is 16.1 Å². The van der Waals surface area contributed by atoms with E-state index in [-0.39, 0.29) is 12.6 Å². The zero-order valence-electron chi connectivity index (χ0n) is 13.4. The number of carbonyl (C=O) groups is 2. The van der Waals surface area contributed by atoms with Crippen molar-refractivity contribution in [2.24, 2.45) is 0 Å². The summed E-state index contributed by atoms with van der Waals surface area (Å²) in [4.78, 5) is 30.6. The number of nitrogens with zero attached hydrogens (tertiary/aromatic N) is 2. The molecule has 0 fully saturated rings. The van der Waals surface area contributed by atoms with Crippen molar-refractivity contribution in [3.63, 3.8) is 0 Å². The molecule has 1 N–H and O–H groups in total. The fourth-order valence-electron chi connectivity index (χ4n) is 2.69. The van der Waals surface area contributed by atoms with Crippen LogP contribution in [0.15, 0.2) is 52.5 Å². The highest BCUT2D eigenvalue weighted by Crippen LogP contribution is 2.32. The molecular formula is C17H17N3O3S. The molecule has 7 heteroatoms. The van der Waals surface area contributed by atoms with Crippen LogP contribution in [0.3, 0.4) is 0 Å².